The first-order valence-electron chi connectivity index (χ1n) is 8.53. The summed E-state index contributed by atoms with van der Waals surface area (Å²) in [4.78, 5) is 14.3. The van der Waals surface area contributed by atoms with Gasteiger partial charge in [-0.3, -0.25) is 0 Å². The summed E-state index contributed by atoms with van der Waals surface area (Å²) in [5.41, 5.74) is 0.713. The van der Waals surface area contributed by atoms with Crippen molar-refractivity contribution < 1.29 is 14.0 Å². The van der Waals surface area contributed by atoms with Gasteiger partial charge in [0.15, 0.2) is 8.32 Å². The highest BCUT2D eigenvalue weighted by atomic mass is 28.4. The van der Waals surface area contributed by atoms with Crippen LogP contribution in [0, 0.1) is 0 Å². The molecule has 0 aromatic heterocycles. The van der Waals surface area contributed by atoms with Crippen LogP contribution in [0.2, 0.25) is 18.1 Å². The number of carbonyl (C=O) groups excluding carboxylic acids is 1. The van der Waals surface area contributed by atoms with Crippen molar-refractivity contribution in [3.63, 3.8) is 0 Å². The molecule has 5 heteroatoms. The molecule has 0 radical (unpaired) electrons. The van der Waals surface area contributed by atoms with E-state index in [9.17, 15) is 4.79 Å². The van der Waals surface area contributed by atoms with Gasteiger partial charge < -0.3 is 14.1 Å². The normalized spacial score (nSPS) is 20.6. The van der Waals surface area contributed by atoms with Crippen LogP contribution < -0.4 is 0 Å². The first kappa shape index (κ1) is 20.2. The lowest BCUT2D eigenvalue weighted by atomic mass is 9.99. The van der Waals surface area contributed by atoms with E-state index in [4.69, 9.17) is 9.16 Å². The molecule has 1 aliphatic rings. The van der Waals surface area contributed by atoms with Crippen molar-refractivity contribution in [2.75, 3.05) is 13.2 Å². The second-order valence-corrected chi connectivity index (χ2v) is 13.9. The van der Waals surface area contributed by atoms with Crippen LogP contribution in [0.25, 0.3) is 0 Å². The highest BCUT2D eigenvalue weighted by Crippen LogP contribution is 2.37. The number of amides is 1. The summed E-state index contributed by atoms with van der Waals surface area (Å²) < 4.78 is 11.9. The van der Waals surface area contributed by atoms with E-state index in [1.165, 1.54) is 5.57 Å². The number of likely N-dealkylation sites (tertiary alicyclic amines) is 1. The van der Waals surface area contributed by atoms with Crippen LogP contribution in [-0.4, -0.2) is 44.1 Å². The molecule has 0 aliphatic carbocycles. The topological polar surface area (TPSA) is 38.8 Å². The van der Waals surface area contributed by atoms with Crippen molar-refractivity contribution >= 4 is 14.4 Å². The molecule has 0 bridgehead atoms. The maximum atomic E-state index is 12.5. The summed E-state index contributed by atoms with van der Waals surface area (Å²) in [7, 11) is -1.83. The van der Waals surface area contributed by atoms with Crippen LogP contribution >= 0.6 is 0 Å². The molecule has 1 heterocycles. The molecule has 134 valence electrons. The van der Waals surface area contributed by atoms with Crippen LogP contribution in [0.15, 0.2) is 12.2 Å². The fourth-order valence-corrected chi connectivity index (χ4v) is 3.28. The van der Waals surface area contributed by atoms with E-state index in [0.29, 0.717) is 13.2 Å². The van der Waals surface area contributed by atoms with E-state index < -0.39 is 13.9 Å². The molecule has 1 fully saturated rings. The van der Waals surface area contributed by atoms with Crippen LogP contribution in [0.5, 0.6) is 0 Å². The number of carbonyl (C=O) groups is 1. The maximum Gasteiger partial charge on any atom is 0.410 e. The van der Waals surface area contributed by atoms with Crippen LogP contribution in [-0.2, 0) is 9.16 Å². The highest BCUT2D eigenvalue weighted by Gasteiger charge is 2.39. The number of nitrogens with zero attached hydrogens (tertiary/aromatic N) is 1. The summed E-state index contributed by atoms with van der Waals surface area (Å²) in [6.07, 6.45) is 1.40. The zero-order valence-electron chi connectivity index (χ0n) is 16.3. The van der Waals surface area contributed by atoms with Gasteiger partial charge >= 0.3 is 6.09 Å². The number of hydrogen-bond acceptors (Lipinski definition) is 3. The Kier molecular flexibility index (Phi) is 6.13. The molecule has 1 aliphatic heterocycles. The average molecular weight is 342 g/mol. The number of rotatable bonds is 3. The lowest BCUT2D eigenvalue weighted by Gasteiger charge is -2.41. The number of hydrogen-bond donors (Lipinski definition) is 0. The fourth-order valence-electron chi connectivity index (χ4n) is 2.24. The minimum Gasteiger partial charge on any atom is -0.444 e. The Morgan fingerprint density at radius 3 is 2.30 bits per heavy atom. The molecule has 1 atom stereocenters. The molecule has 0 N–H and O–H groups in total. The fraction of sp³-hybridized carbons (Fsp3) is 0.833. The Hall–Kier alpha value is -0.813. The lowest BCUT2D eigenvalue weighted by molar-refractivity contribution is 0.00690. The van der Waals surface area contributed by atoms with Crippen molar-refractivity contribution in [2.24, 2.45) is 0 Å². The van der Waals surface area contributed by atoms with Gasteiger partial charge in [0.25, 0.3) is 0 Å². The SMILES string of the molecule is C=C1CCN(C(=O)OC(C)(C)C)[C@@H](CO[Si](C)(C)C(C)(C)C)C1. The summed E-state index contributed by atoms with van der Waals surface area (Å²) in [6, 6.07) is 0.0280. The van der Waals surface area contributed by atoms with Gasteiger partial charge in [0.05, 0.1) is 12.6 Å². The monoisotopic (exact) mass is 341 g/mol. The summed E-state index contributed by atoms with van der Waals surface area (Å²) in [5, 5.41) is 0.162. The van der Waals surface area contributed by atoms with Gasteiger partial charge in [0.2, 0.25) is 0 Å². The van der Waals surface area contributed by atoms with Crippen molar-refractivity contribution in [3.8, 4) is 0 Å². The Morgan fingerprint density at radius 1 is 1.26 bits per heavy atom. The molecule has 0 aromatic carbocycles. The minimum atomic E-state index is -1.83. The van der Waals surface area contributed by atoms with E-state index in [0.717, 1.165) is 12.8 Å². The second kappa shape index (κ2) is 6.97. The third-order valence-electron chi connectivity index (χ3n) is 4.74. The molecule has 4 nitrogen and oxygen atoms in total. The van der Waals surface area contributed by atoms with Crippen molar-refractivity contribution in [1.29, 1.82) is 0 Å². The molecule has 1 amide bonds. The van der Waals surface area contributed by atoms with E-state index in [2.05, 4.69) is 40.4 Å². The average Bonchev–Trinajstić information content (AvgIpc) is 2.32. The molecule has 0 spiro atoms. The molecule has 0 saturated carbocycles. The Balaban J connectivity index is 2.78. The summed E-state index contributed by atoms with van der Waals surface area (Å²) >= 11 is 0. The van der Waals surface area contributed by atoms with E-state index >= 15 is 0 Å². The largest absolute Gasteiger partial charge is 0.444 e. The van der Waals surface area contributed by atoms with Gasteiger partial charge in [-0.15, -0.1) is 0 Å². The quantitative estimate of drug-likeness (QED) is 0.538. The summed E-state index contributed by atoms with van der Waals surface area (Å²) in [6.45, 7) is 22.2. The van der Waals surface area contributed by atoms with Gasteiger partial charge in [-0.05, 0) is 51.7 Å². The van der Waals surface area contributed by atoms with Gasteiger partial charge in [-0.2, -0.15) is 0 Å². The predicted molar refractivity (Wildman–Crippen MR) is 98.3 cm³/mol. The Morgan fingerprint density at radius 2 is 1.83 bits per heavy atom. The number of ether oxygens (including phenoxy) is 1. The minimum absolute atomic E-state index is 0.0280. The first-order valence-corrected chi connectivity index (χ1v) is 11.4. The van der Waals surface area contributed by atoms with E-state index in [1.807, 2.05) is 25.7 Å². The van der Waals surface area contributed by atoms with Gasteiger partial charge in [0.1, 0.15) is 5.60 Å². The smallest absolute Gasteiger partial charge is 0.410 e. The van der Waals surface area contributed by atoms with E-state index in [1.54, 1.807) is 0 Å². The van der Waals surface area contributed by atoms with Gasteiger partial charge in [0, 0.05) is 6.54 Å². The molecule has 23 heavy (non-hydrogen) atoms. The summed E-state index contributed by atoms with van der Waals surface area (Å²) in [5.74, 6) is 0. The van der Waals surface area contributed by atoms with Crippen molar-refractivity contribution in [3.05, 3.63) is 12.2 Å². The van der Waals surface area contributed by atoms with Gasteiger partial charge in [-0.25, -0.2) is 4.79 Å². The zero-order valence-corrected chi connectivity index (χ0v) is 17.3. The highest BCUT2D eigenvalue weighted by molar-refractivity contribution is 6.74. The number of piperidine rings is 1. The maximum absolute atomic E-state index is 12.5. The van der Waals surface area contributed by atoms with Crippen LogP contribution in [0.1, 0.15) is 54.4 Å². The Bertz CT molecular complexity index is 446. The Labute approximate surface area is 143 Å². The van der Waals surface area contributed by atoms with Crippen LogP contribution in [0.4, 0.5) is 4.79 Å². The standard InChI is InChI=1S/C18H35NO3Si/c1-14-10-11-19(16(20)22-17(2,3)4)15(12-14)13-21-23(8,9)18(5,6)7/h15H,1,10-13H2,2-9H3/t15-/m1/s1. The molecule has 0 unspecified atom stereocenters. The van der Waals surface area contributed by atoms with E-state index in [-0.39, 0.29) is 17.2 Å². The third kappa shape index (κ3) is 5.96. The second-order valence-electron chi connectivity index (χ2n) is 9.10. The molecular formula is C18H35NO3Si. The lowest BCUT2D eigenvalue weighted by Crippen LogP contribution is -2.51. The first-order chi connectivity index (χ1) is 10.2. The third-order valence-corrected chi connectivity index (χ3v) is 9.24. The van der Waals surface area contributed by atoms with Crippen molar-refractivity contribution in [2.45, 2.75) is 84.2 Å². The molecule has 1 saturated heterocycles. The zero-order chi connectivity index (χ0) is 18.1. The molecule has 1 rings (SSSR count). The van der Waals surface area contributed by atoms with Gasteiger partial charge in [-0.1, -0.05) is 32.9 Å². The van der Waals surface area contributed by atoms with Crippen LogP contribution in [0.3, 0.4) is 0 Å². The molecular weight excluding hydrogens is 306 g/mol. The molecule has 0 aromatic rings. The predicted octanol–water partition coefficient (Wildman–Crippen LogP) is 4.96. The van der Waals surface area contributed by atoms with Crippen molar-refractivity contribution in [1.82, 2.24) is 4.90 Å².